The third-order valence-electron chi connectivity index (χ3n) is 6.76. The van der Waals surface area contributed by atoms with Crippen molar-refractivity contribution in [1.82, 2.24) is 9.80 Å². The van der Waals surface area contributed by atoms with Crippen LogP contribution in [0.15, 0.2) is 121 Å². The van der Waals surface area contributed by atoms with Gasteiger partial charge in [-0.05, 0) is 22.3 Å². The molecule has 4 aromatic rings. The van der Waals surface area contributed by atoms with Crippen LogP contribution < -0.4 is 0 Å². The molecule has 0 saturated carbocycles. The van der Waals surface area contributed by atoms with Gasteiger partial charge in [0.25, 0.3) is 0 Å². The van der Waals surface area contributed by atoms with Gasteiger partial charge < -0.3 is 4.74 Å². The Balaban J connectivity index is 1.35. The number of nitrogens with zero attached hydrogens (tertiary/aromatic N) is 2. The van der Waals surface area contributed by atoms with E-state index in [9.17, 15) is 0 Å². The fourth-order valence-electron chi connectivity index (χ4n) is 4.82. The van der Waals surface area contributed by atoms with Gasteiger partial charge in [-0.3, -0.25) is 9.80 Å². The minimum atomic E-state index is 0.308. The first kappa shape index (κ1) is 23.5. The first-order chi connectivity index (χ1) is 17.3. The van der Waals surface area contributed by atoms with E-state index in [1.807, 2.05) is 0 Å². The molecule has 1 unspecified atom stereocenters. The molecule has 1 heterocycles. The third kappa shape index (κ3) is 6.89. The van der Waals surface area contributed by atoms with Crippen molar-refractivity contribution < 1.29 is 4.74 Å². The van der Waals surface area contributed by atoms with Gasteiger partial charge in [0, 0.05) is 32.2 Å². The molecule has 0 amide bonds. The highest BCUT2D eigenvalue weighted by atomic mass is 16.5. The maximum absolute atomic E-state index is 6.37. The van der Waals surface area contributed by atoms with Crippen LogP contribution in [-0.4, -0.2) is 35.0 Å². The second kappa shape index (κ2) is 11.9. The molecular weight excluding hydrogens is 428 g/mol. The van der Waals surface area contributed by atoms with Crippen molar-refractivity contribution in [2.24, 2.45) is 0 Å². The van der Waals surface area contributed by atoms with Gasteiger partial charge >= 0.3 is 0 Å². The van der Waals surface area contributed by atoms with Crippen molar-refractivity contribution in [2.75, 3.05) is 13.2 Å². The molecule has 0 aliphatic carbocycles. The van der Waals surface area contributed by atoms with E-state index < -0.39 is 0 Å². The maximum Gasteiger partial charge on any atom is 0.0717 e. The lowest BCUT2D eigenvalue weighted by Crippen LogP contribution is -2.43. The van der Waals surface area contributed by atoms with Crippen LogP contribution in [0.1, 0.15) is 22.3 Å². The molecule has 0 spiro atoms. The molecule has 1 aliphatic heterocycles. The quantitative estimate of drug-likeness (QED) is 0.235. The first-order valence-electron chi connectivity index (χ1n) is 12.6. The smallest absolute Gasteiger partial charge is 0.0717 e. The van der Waals surface area contributed by atoms with E-state index in [1.54, 1.807) is 0 Å². The summed E-state index contributed by atoms with van der Waals surface area (Å²) in [6, 6.07) is 43.7. The Labute approximate surface area is 209 Å². The second-order valence-corrected chi connectivity index (χ2v) is 9.43. The van der Waals surface area contributed by atoms with Crippen LogP contribution in [0.2, 0.25) is 0 Å². The highest BCUT2D eigenvalue weighted by Crippen LogP contribution is 2.29. The monoisotopic (exact) mass is 462 g/mol. The van der Waals surface area contributed by atoms with Gasteiger partial charge in [-0.15, -0.1) is 0 Å². The van der Waals surface area contributed by atoms with Gasteiger partial charge in [0.15, 0.2) is 0 Å². The van der Waals surface area contributed by atoms with Crippen molar-refractivity contribution in [3.63, 3.8) is 0 Å². The first-order valence-corrected chi connectivity index (χ1v) is 12.6. The highest BCUT2D eigenvalue weighted by molar-refractivity contribution is 5.20. The number of hydrogen-bond donors (Lipinski definition) is 0. The van der Waals surface area contributed by atoms with Crippen molar-refractivity contribution in [1.29, 1.82) is 0 Å². The summed E-state index contributed by atoms with van der Waals surface area (Å²) in [4.78, 5) is 5.19. The summed E-state index contributed by atoms with van der Waals surface area (Å²) in [5.74, 6) is 0. The number of hydrogen-bond acceptors (Lipinski definition) is 3. The standard InChI is InChI=1S/C32H34N2O/c1-5-13-27(14-6-1)21-33(22-28-15-7-2-8-16-28)32(26-35-25-30-19-11-4-12-20-30)31-24-34(31)23-29-17-9-3-10-18-29/h1-20,31-32H,21-26H2/t31-,32+,34?/m0/s1. The summed E-state index contributed by atoms with van der Waals surface area (Å²) in [5.41, 5.74) is 5.27. The van der Waals surface area contributed by atoms with Crippen LogP contribution in [0.3, 0.4) is 0 Å². The van der Waals surface area contributed by atoms with Gasteiger partial charge in [-0.2, -0.15) is 0 Å². The molecule has 4 aromatic carbocycles. The lowest BCUT2D eigenvalue weighted by atomic mass is 10.1. The Kier molecular flexibility index (Phi) is 8.02. The predicted octanol–water partition coefficient (Wildman–Crippen LogP) is 6.16. The van der Waals surface area contributed by atoms with Crippen molar-refractivity contribution in [3.8, 4) is 0 Å². The largest absolute Gasteiger partial charge is 0.375 e. The Bertz CT molecular complexity index is 1090. The SMILES string of the molecule is c1ccc(COC[C@H]([C@@H]2CN2Cc2ccccc2)N(Cc2ccccc2)Cc2ccccc2)cc1. The Hall–Kier alpha value is -3.24. The molecule has 0 radical (unpaired) electrons. The normalized spacial score (nSPS) is 17.9. The van der Waals surface area contributed by atoms with Gasteiger partial charge in [-0.1, -0.05) is 121 Å². The van der Waals surface area contributed by atoms with Gasteiger partial charge in [-0.25, -0.2) is 0 Å². The van der Waals surface area contributed by atoms with E-state index in [4.69, 9.17) is 4.74 Å². The Morgan fingerprint density at radius 3 is 1.60 bits per heavy atom. The predicted molar refractivity (Wildman–Crippen MR) is 143 cm³/mol. The number of ether oxygens (including phenoxy) is 1. The zero-order valence-corrected chi connectivity index (χ0v) is 20.2. The molecule has 178 valence electrons. The average Bonchev–Trinajstić information content (AvgIpc) is 3.67. The van der Waals surface area contributed by atoms with Gasteiger partial charge in [0.1, 0.15) is 0 Å². The molecule has 1 fully saturated rings. The fraction of sp³-hybridized carbons (Fsp3) is 0.250. The molecule has 0 aromatic heterocycles. The molecule has 35 heavy (non-hydrogen) atoms. The molecule has 1 saturated heterocycles. The van der Waals surface area contributed by atoms with Crippen molar-refractivity contribution in [2.45, 2.75) is 38.3 Å². The zero-order valence-electron chi connectivity index (χ0n) is 20.2. The summed E-state index contributed by atoms with van der Waals surface area (Å²) < 4.78 is 6.37. The average molecular weight is 463 g/mol. The molecule has 0 N–H and O–H groups in total. The summed E-state index contributed by atoms with van der Waals surface area (Å²) in [6.45, 7) is 5.27. The maximum atomic E-state index is 6.37. The fourth-order valence-corrected chi connectivity index (χ4v) is 4.82. The van der Waals surface area contributed by atoms with Crippen LogP contribution in [0, 0.1) is 0 Å². The zero-order chi connectivity index (χ0) is 23.7. The second-order valence-electron chi connectivity index (χ2n) is 9.43. The minimum Gasteiger partial charge on any atom is -0.375 e. The van der Waals surface area contributed by atoms with E-state index >= 15 is 0 Å². The minimum absolute atomic E-state index is 0.308. The van der Waals surface area contributed by atoms with E-state index in [1.165, 1.54) is 22.3 Å². The van der Waals surface area contributed by atoms with E-state index in [0.29, 0.717) is 25.3 Å². The van der Waals surface area contributed by atoms with E-state index in [0.717, 1.165) is 26.2 Å². The van der Waals surface area contributed by atoms with Crippen LogP contribution >= 0.6 is 0 Å². The summed E-state index contributed by atoms with van der Waals surface area (Å²) in [7, 11) is 0. The number of benzene rings is 4. The number of rotatable bonds is 12. The molecule has 0 bridgehead atoms. The van der Waals surface area contributed by atoms with E-state index in [2.05, 4.69) is 131 Å². The van der Waals surface area contributed by atoms with Crippen molar-refractivity contribution >= 4 is 0 Å². The Morgan fingerprint density at radius 2 is 1.09 bits per heavy atom. The molecule has 5 rings (SSSR count). The van der Waals surface area contributed by atoms with Crippen LogP contribution in [0.25, 0.3) is 0 Å². The van der Waals surface area contributed by atoms with Gasteiger partial charge in [0.2, 0.25) is 0 Å². The van der Waals surface area contributed by atoms with Crippen LogP contribution in [0.4, 0.5) is 0 Å². The molecule has 1 aliphatic rings. The molecular formula is C32H34N2O. The third-order valence-corrected chi connectivity index (χ3v) is 6.76. The van der Waals surface area contributed by atoms with Crippen LogP contribution in [-0.2, 0) is 31.0 Å². The lowest BCUT2D eigenvalue weighted by molar-refractivity contribution is 0.0366. The Morgan fingerprint density at radius 1 is 0.629 bits per heavy atom. The van der Waals surface area contributed by atoms with E-state index in [-0.39, 0.29) is 0 Å². The molecule has 3 heteroatoms. The summed E-state index contributed by atoms with van der Waals surface area (Å²) in [5, 5.41) is 0. The highest BCUT2D eigenvalue weighted by Gasteiger charge is 2.43. The van der Waals surface area contributed by atoms with Crippen LogP contribution in [0.5, 0.6) is 0 Å². The summed E-state index contributed by atoms with van der Waals surface area (Å²) >= 11 is 0. The summed E-state index contributed by atoms with van der Waals surface area (Å²) in [6.07, 6.45) is 0. The molecule has 3 nitrogen and oxygen atoms in total. The van der Waals surface area contributed by atoms with Crippen molar-refractivity contribution in [3.05, 3.63) is 144 Å². The van der Waals surface area contributed by atoms with Gasteiger partial charge in [0.05, 0.1) is 19.3 Å². The lowest BCUT2D eigenvalue weighted by Gasteiger charge is -2.32. The molecule has 3 atom stereocenters. The topological polar surface area (TPSA) is 15.5 Å².